The molecular formula is C8H8N2O. The second kappa shape index (κ2) is 2.34. The number of hydrogen-bond acceptors (Lipinski definition) is 3. The van der Waals surface area contributed by atoms with Crippen LogP contribution in [0.5, 0.6) is 0 Å². The molecule has 2 aromatic heterocycles. The Hall–Kier alpha value is -1.38. The predicted molar refractivity (Wildman–Crippen MR) is 41.2 cm³/mol. The van der Waals surface area contributed by atoms with Gasteiger partial charge < -0.3 is 4.42 Å². The number of rotatable bonds is 1. The number of hydrogen-bond donors (Lipinski definition) is 0. The molecule has 0 amide bonds. The quantitative estimate of drug-likeness (QED) is 0.618. The van der Waals surface area contributed by atoms with E-state index in [-0.39, 0.29) is 0 Å². The lowest BCUT2D eigenvalue weighted by Gasteiger charge is -1.87. The normalized spacial score (nSPS) is 10.6. The topological polar surface area (TPSA) is 38.9 Å². The zero-order valence-corrected chi connectivity index (χ0v) is 6.24. The molecule has 11 heavy (non-hydrogen) atoms. The Balaban J connectivity index is 2.76. The summed E-state index contributed by atoms with van der Waals surface area (Å²) in [6.45, 7) is 2.03. The summed E-state index contributed by atoms with van der Waals surface area (Å²) in [6, 6.07) is 1.89. The summed E-state index contributed by atoms with van der Waals surface area (Å²) in [5.74, 6) is 0.910. The molecule has 0 saturated heterocycles. The highest BCUT2D eigenvalue weighted by atomic mass is 16.3. The maximum absolute atomic E-state index is 5.26. The first-order valence-corrected chi connectivity index (χ1v) is 3.59. The van der Waals surface area contributed by atoms with E-state index in [9.17, 15) is 0 Å². The van der Waals surface area contributed by atoms with E-state index >= 15 is 0 Å². The number of aromatic nitrogens is 2. The van der Waals surface area contributed by atoms with Gasteiger partial charge in [0.25, 0.3) is 0 Å². The standard InChI is InChI=1S/C8H8N2O/c1-2-7-8-6(5-11-7)3-4-9-10-8/h3-5H,2H2,1H3. The maximum Gasteiger partial charge on any atom is 0.134 e. The zero-order chi connectivity index (χ0) is 7.68. The molecule has 0 saturated carbocycles. The lowest BCUT2D eigenvalue weighted by molar-refractivity contribution is 0.520. The smallest absolute Gasteiger partial charge is 0.134 e. The molecule has 3 nitrogen and oxygen atoms in total. The van der Waals surface area contributed by atoms with Crippen LogP contribution in [0.2, 0.25) is 0 Å². The van der Waals surface area contributed by atoms with Crippen LogP contribution in [0, 0.1) is 0 Å². The summed E-state index contributed by atoms with van der Waals surface area (Å²) in [5, 5.41) is 8.78. The van der Waals surface area contributed by atoms with Crippen molar-refractivity contribution < 1.29 is 4.42 Å². The Morgan fingerprint density at radius 2 is 2.45 bits per heavy atom. The van der Waals surface area contributed by atoms with Gasteiger partial charge in [-0.25, -0.2) is 0 Å². The molecule has 0 bridgehead atoms. The highest BCUT2D eigenvalue weighted by molar-refractivity contribution is 5.78. The number of furan rings is 1. The highest BCUT2D eigenvalue weighted by Gasteiger charge is 2.03. The predicted octanol–water partition coefficient (Wildman–Crippen LogP) is 1.79. The molecule has 2 heterocycles. The van der Waals surface area contributed by atoms with Crippen molar-refractivity contribution in [1.82, 2.24) is 10.2 Å². The van der Waals surface area contributed by atoms with Gasteiger partial charge in [-0.2, -0.15) is 5.10 Å². The molecule has 2 aromatic rings. The third kappa shape index (κ3) is 0.888. The van der Waals surface area contributed by atoms with Gasteiger partial charge in [0, 0.05) is 11.8 Å². The van der Waals surface area contributed by atoms with Crippen molar-refractivity contribution in [3.63, 3.8) is 0 Å². The summed E-state index contributed by atoms with van der Waals surface area (Å²) in [7, 11) is 0. The van der Waals surface area contributed by atoms with Crippen molar-refractivity contribution in [2.75, 3.05) is 0 Å². The second-order valence-corrected chi connectivity index (χ2v) is 2.35. The summed E-state index contributed by atoms with van der Waals surface area (Å²) >= 11 is 0. The third-order valence-corrected chi connectivity index (χ3v) is 1.67. The van der Waals surface area contributed by atoms with Crippen LogP contribution < -0.4 is 0 Å². The first-order chi connectivity index (χ1) is 5.42. The van der Waals surface area contributed by atoms with E-state index in [0.717, 1.165) is 23.1 Å². The lowest BCUT2D eigenvalue weighted by Crippen LogP contribution is -1.82. The minimum absolute atomic E-state index is 0.863. The first-order valence-electron chi connectivity index (χ1n) is 3.59. The average molecular weight is 148 g/mol. The van der Waals surface area contributed by atoms with Crippen LogP contribution in [-0.2, 0) is 6.42 Å². The molecule has 56 valence electrons. The molecule has 3 heteroatoms. The van der Waals surface area contributed by atoms with Crippen LogP contribution in [-0.4, -0.2) is 10.2 Å². The second-order valence-electron chi connectivity index (χ2n) is 2.35. The van der Waals surface area contributed by atoms with Crippen molar-refractivity contribution in [2.45, 2.75) is 13.3 Å². The van der Waals surface area contributed by atoms with Crippen LogP contribution >= 0.6 is 0 Å². The van der Waals surface area contributed by atoms with E-state index < -0.39 is 0 Å². The SMILES string of the molecule is CCc1occ2ccnnc12. The van der Waals surface area contributed by atoms with Crippen LogP contribution in [0.15, 0.2) is 22.9 Å². The zero-order valence-electron chi connectivity index (χ0n) is 6.24. The minimum Gasteiger partial charge on any atom is -0.466 e. The fraction of sp³-hybridized carbons (Fsp3) is 0.250. The number of nitrogens with zero attached hydrogens (tertiary/aromatic N) is 2. The van der Waals surface area contributed by atoms with Gasteiger partial charge in [-0.3, -0.25) is 0 Å². The van der Waals surface area contributed by atoms with E-state index in [1.165, 1.54) is 0 Å². The molecule has 0 spiro atoms. The van der Waals surface area contributed by atoms with Gasteiger partial charge in [0.1, 0.15) is 17.5 Å². The summed E-state index contributed by atoms with van der Waals surface area (Å²) in [6.07, 6.45) is 4.24. The molecule has 0 unspecified atom stereocenters. The van der Waals surface area contributed by atoms with Crippen LogP contribution in [0.3, 0.4) is 0 Å². The number of fused-ring (bicyclic) bond motifs is 1. The Kier molecular flexibility index (Phi) is 1.35. The molecule has 0 N–H and O–H groups in total. The van der Waals surface area contributed by atoms with Crippen LogP contribution in [0.1, 0.15) is 12.7 Å². The van der Waals surface area contributed by atoms with Gasteiger partial charge >= 0.3 is 0 Å². The molecule has 0 atom stereocenters. The van der Waals surface area contributed by atoms with Gasteiger partial charge in [0.2, 0.25) is 0 Å². The largest absolute Gasteiger partial charge is 0.466 e. The Labute approximate surface area is 64.0 Å². The molecule has 2 rings (SSSR count). The van der Waals surface area contributed by atoms with E-state index in [4.69, 9.17) is 4.42 Å². The summed E-state index contributed by atoms with van der Waals surface area (Å²) < 4.78 is 5.26. The van der Waals surface area contributed by atoms with Gasteiger partial charge in [-0.15, -0.1) is 5.10 Å². The number of aryl methyl sites for hydroxylation is 1. The van der Waals surface area contributed by atoms with Gasteiger partial charge in [0.15, 0.2) is 0 Å². The summed E-state index contributed by atoms with van der Waals surface area (Å²) in [5.41, 5.74) is 0.884. The Morgan fingerprint density at radius 1 is 1.55 bits per heavy atom. The van der Waals surface area contributed by atoms with E-state index in [0.29, 0.717) is 0 Å². The highest BCUT2D eigenvalue weighted by Crippen LogP contribution is 2.17. The monoisotopic (exact) mass is 148 g/mol. The molecule has 0 aliphatic carbocycles. The fourth-order valence-corrected chi connectivity index (χ4v) is 1.09. The molecule has 0 fully saturated rings. The van der Waals surface area contributed by atoms with Crippen molar-refractivity contribution in [1.29, 1.82) is 0 Å². The van der Waals surface area contributed by atoms with E-state index in [1.54, 1.807) is 12.5 Å². The molecule has 0 aromatic carbocycles. The minimum atomic E-state index is 0.863. The molecular weight excluding hydrogens is 140 g/mol. The van der Waals surface area contributed by atoms with Crippen molar-refractivity contribution in [3.8, 4) is 0 Å². The molecule has 0 aliphatic heterocycles. The van der Waals surface area contributed by atoms with Crippen LogP contribution in [0.25, 0.3) is 10.9 Å². The molecule has 0 radical (unpaired) electrons. The Bertz CT molecular complexity index is 367. The van der Waals surface area contributed by atoms with Gasteiger partial charge in [0.05, 0.1) is 6.20 Å². The van der Waals surface area contributed by atoms with E-state index in [1.807, 2.05) is 13.0 Å². The average Bonchev–Trinajstić information content (AvgIpc) is 2.47. The molecule has 0 aliphatic rings. The van der Waals surface area contributed by atoms with Gasteiger partial charge in [-0.1, -0.05) is 6.92 Å². The fourth-order valence-electron chi connectivity index (χ4n) is 1.09. The van der Waals surface area contributed by atoms with Crippen molar-refractivity contribution in [2.24, 2.45) is 0 Å². The summed E-state index contributed by atoms with van der Waals surface area (Å²) in [4.78, 5) is 0. The third-order valence-electron chi connectivity index (χ3n) is 1.67. The lowest BCUT2D eigenvalue weighted by atomic mass is 10.3. The van der Waals surface area contributed by atoms with Crippen molar-refractivity contribution in [3.05, 3.63) is 24.3 Å². The maximum atomic E-state index is 5.26. The Morgan fingerprint density at radius 3 is 3.27 bits per heavy atom. The van der Waals surface area contributed by atoms with E-state index in [2.05, 4.69) is 10.2 Å². The van der Waals surface area contributed by atoms with Crippen molar-refractivity contribution >= 4 is 10.9 Å². The van der Waals surface area contributed by atoms with Gasteiger partial charge in [-0.05, 0) is 6.07 Å². The first kappa shape index (κ1) is 6.34. The van der Waals surface area contributed by atoms with Crippen LogP contribution in [0.4, 0.5) is 0 Å².